The van der Waals surface area contributed by atoms with Crippen LogP contribution in [0.1, 0.15) is 18.9 Å². The Morgan fingerprint density at radius 3 is 2.89 bits per heavy atom. The minimum absolute atomic E-state index is 0.311. The van der Waals surface area contributed by atoms with E-state index in [4.69, 9.17) is 0 Å². The predicted molar refractivity (Wildman–Crippen MR) is 79.6 cm³/mol. The lowest BCUT2D eigenvalue weighted by molar-refractivity contribution is 0.121. The van der Waals surface area contributed by atoms with Crippen LogP contribution < -0.4 is 5.32 Å². The molecular formula is C14H23BrN2O. The predicted octanol–water partition coefficient (Wildman–Crippen LogP) is 2.24. The van der Waals surface area contributed by atoms with Crippen molar-refractivity contribution < 1.29 is 5.11 Å². The first-order valence-corrected chi connectivity index (χ1v) is 7.23. The fraction of sp³-hybridized carbons (Fsp3) is 0.571. The van der Waals surface area contributed by atoms with Gasteiger partial charge in [-0.2, -0.15) is 0 Å². The van der Waals surface area contributed by atoms with E-state index in [1.54, 1.807) is 0 Å². The fourth-order valence-electron chi connectivity index (χ4n) is 1.88. The second-order valence-electron chi connectivity index (χ2n) is 4.68. The molecule has 0 radical (unpaired) electrons. The van der Waals surface area contributed by atoms with Crippen molar-refractivity contribution in [2.45, 2.75) is 26.0 Å². The molecule has 0 spiro atoms. The Hall–Kier alpha value is -0.420. The highest BCUT2D eigenvalue weighted by Crippen LogP contribution is 2.12. The first-order valence-electron chi connectivity index (χ1n) is 6.43. The molecule has 4 heteroatoms. The lowest BCUT2D eigenvalue weighted by Crippen LogP contribution is -2.36. The third-order valence-electron chi connectivity index (χ3n) is 2.67. The molecule has 102 valence electrons. The zero-order valence-electron chi connectivity index (χ0n) is 11.2. The van der Waals surface area contributed by atoms with Crippen LogP contribution >= 0.6 is 15.9 Å². The van der Waals surface area contributed by atoms with E-state index in [1.807, 2.05) is 19.2 Å². The van der Waals surface area contributed by atoms with Gasteiger partial charge in [0.2, 0.25) is 0 Å². The maximum absolute atomic E-state index is 9.87. The van der Waals surface area contributed by atoms with E-state index in [0.717, 1.165) is 24.0 Å². The van der Waals surface area contributed by atoms with Crippen molar-refractivity contribution in [3.63, 3.8) is 0 Å². The van der Waals surface area contributed by atoms with Crippen molar-refractivity contribution in [3.8, 4) is 0 Å². The molecule has 0 heterocycles. The van der Waals surface area contributed by atoms with Crippen molar-refractivity contribution >= 4 is 15.9 Å². The molecule has 18 heavy (non-hydrogen) atoms. The van der Waals surface area contributed by atoms with Crippen LogP contribution in [0.5, 0.6) is 0 Å². The first kappa shape index (κ1) is 15.6. The number of benzene rings is 1. The van der Waals surface area contributed by atoms with Crippen LogP contribution in [0.3, 0.4) is 0 Å². The molecule has 3 nitrogen and oxygen atoms in total. The molecule has 0 aliphatic carbocycles. The molecule has 0 fully saturated rings. The van der Waals surface area contributed by atoms with Crippen LogP contribution in [-0.2, 0) is 6.54 Å². The molecule has 1 aromatic rings. The highest BCUT2D eigenvalue weighted by atomic mass is 79.9. The van der Waals surface area contributed by atoms with Gasteiger partial charge < -0.3 is 10.4 Å². The highest BCUT2D eigenvalue weighted by Gasteiger charge is 2.08. The van der Waals surface area contributed by atoms with Crippen molar-refractivity contribution in [1.82, 2.24) is 10.2 Å². The summed E-state index contributed by atoms with van der Waals surface area (Å²) in [5.41, 5.74) is 1.25. The molecule has 1 rings (SSSR count). The summed E-state index contributed by atoms with van der Waals surface area (Å²) in [6.45, 7) is 5.29. The Morgan fingerprint density at radius 1 is 1.44 bits per heavy atom. The van der Waals surface area contributed by atoms with Gasteiger partial charge in [-0.1, -0.05) is 35.0 Å². The normalized spacial score (nSPS) is 12.9. The maximum Gasteiger partial charge on any atom is 0.0791 e. The van der Waals surface area contributed by atoms with Gasteiger partial charge in [0.1, 0.15) is 0 Å². The van der Waals surface area contributed by atoms with Crippen LogP contribution in [0.4, 0.5) is 0 Å². The minimum Gasteiger partial charge on any atom is -0.390 e. The van der Waals surface area contributed by atoms with Crippen molar-refractivity contribution in [2.24, 2.45) is 0 Å². The number of nitrogens with zero attached hydrogens (tertiary/aromatic N) is 1. The SMILES string of the molecule is CCCNCC(O)CN(C)Cc1cccc(Br)c1. The van der Waals surface area contributed by atoms with E-state index >= 15 is 0 Å². The van der Waals surface area contributed by atoms with Crippen LogP contribution in [-0.4, -0.2) is 42.8 Å². The summed E-state index contributed by atoms with van der Waals surface area (Å²) in [5.74, 6) is 0. The molecule has 0 amide bonds. The van der Waals surface area contributed by atoms with Gasteiger partial charge in [0.15, 0.2) is 0 Å². The van der Waals surface area contributed by atoms with E-state index in [1.165, 1.54) is 5.56 Å². The van der Waals surface area contributed by atoms with Crippen LogP contribution in [0.15, 0.2) is 28.7 Å². The standard InChI is InChI=1S/C14H23BrN2O/c1-3-7-16-9-14(18)11-17(2)10-12-5-4-6-13(15)8-12/h4-6,8,14,16,18H,3,7,9-11H2,1-2H3. The number of aliphatic hydroxyl groups is 1. The Labute approximate surface area is 118 Å². The zero-order chi connectivity index (χ0) is 13.4. The molecule has 0 saturated heterocycles. The molecule has 2 N–H and O–H groups in total. The Morgan fingerprint density at radius 2 is 2.22 bits per heavy atom. The summed E-state index contributed by atoms with van der Waals surface area (Å²) in [5, 5.41) is 13.1. The number of rotatable bonds is 8. The molecule has 0 bridgehead atoms. The molecule has 1 atom stereocenters. The Bertz CT molecular complexity index is 346. The smallest absolute Gasteiger partial charge is 0.0791 e. The monoisotopic (exact) mass is 314 g/mol. The van der Waals surface area contributed by atoms with Gasteiger partial charge >= 0.3 is 0 Å². The summed E-state index contributed by atoms with van der Waals surface area (Å²) < 4.78 is 1.10. The van der Waals surface area contributed by atoms with Crippen LogP contribution in [0.2, 0.25) is 0 Å². The molecule has 0 aromatic heterocycles. The number of likely N-dealkylation sites (N-methyl/N-ethyl adjacent to an activating group) is 1. The van der Waals surface area contributed by atoms with Crippen LogP contribution in [0, 0.1) is 0 Å². The first-order chi connectivity index (χ1) is 8.61. The molecular weight excluding hydrogens is 292 g/mol. The number of hydrogen-bond donors (Lipinski definition) is 2. The van der Waals surface area contributed by atoms with Gasteiger partial charge in [-0.05, 0) is 37.7 Å². The highest BCUT2D eigenvalue weighted by molar-refractivity contribution is 9.10. The summed E-state index contributed by atoms with van der Waals surface area (Å²) in [7, 11) is 2.03. The summed E-state index contributed by atoms with van der Waals surface area (Å²) in [4.78, 5) is 2.14. The Kier molecular flexibility index (Phi) is 7.51. The van der Waals surface area contributed by atoms with Gasteiger partial charge in [0.05, 0.1) is 6.10 Å². The second kappa shape index (κ2) is 8.64. The third-order valence-corrected chi connectivity index (χ3v) is 3.16. The average Bonchev–Trinajstić information content (AvgIpc) is 2.29. The van der Waals surface area contributed by atoms with Gasteiger partial charge in [-0.3, -0.25) is 4.90 Å². The third kappa shape index (κ3) is 6.50. The second-order valence-corrected chi connectivity index (χ2v) is 5.60. The largest absolute Gasteiger partial charge is 0.390 e. The molecule has 1 unspecified atom stereocenters. The van der Waals surface area contributed by atoms with E-state index in [0.29, 0.717) is 13.1 Å². The number of halogens is 1. The number of aliphatic hydroxyl groups excluding tert-OH is 1. The quantitative estimate of drug-likeness (QED) is 0.722. The summed E-state index contributed by atoms with van der Waals surface area (Å²) in [6.07, 6.45) is 0.786. The van der Waals surface area contributed by atoms with E-state index < -0.39 is 0 Å². The van der Waals surface area contributed by atoms with Crippen molar-refractivity contribution in [2.75, 3.05) is 26.7 Å². The summed E-state index contributed by atoms with van der Waals surface area (Å²) >= 11 is 3.47. The molecule has 0 aliphatic heterocycles. The van der Waals surface area contributed by atoms with Gasteiger partial charge in [-0.15, -0.1) is 0 Å². The maximum atomic E-state index is 9.87. The number of nitrogens with one attached hydrogen (secondary N) is 1. The summed E-state index contributed by atoms with van der Waals surface area (Å²) in [6, 6.07) is 8.26. The van der Waals surface area contributed by atoms with Crippen molar-refractivity contribution in [1.29, 1.82) is 0 Å². The van der Waals surface area contributed by atoms with Gasteiger partial charge in [-0.25, -0.2) is 0 Å². The number of hydrogen-bond acceptors (Lipinski definition) is 3. The minimum atomic E-state index is -0.311. The molecule has 0 saturated carbocycles. The van der Waals surface area contributed by atoms with Gasteiger partial charge in [0, 0.05) is 24.1 Å². The van der Waals surface area contributed by atoms with Crippen molar-refractivity contribution in [3.05, 3.63) is 34.3 Å². The van der Waals surface area contributed by atoms with E-state index in [9.17, 15) is 5.11 Å². The zero-order valence-corrected chi connectivity index (χ0v) is 12.8. The fourth-order valence-corrected chi connectivity index (χ4v) is 2.33. The van der Waals surface area contributed by atoms with E-state index in [2.05, 4.69) is 45.2 Å². The molecule has 0 aliphatic rings. The average molecular weight is 315 g/mol. The lowest BCUT2D eigenvalue weighted by Gasteiger charge is -2.21. The topological polar surface area (TPSA) is 35.5 Å². The lowest BCUT2D eigenvalue weighted by atomic mass is 10.2. The molecule has 1 aromatic carbocycles. The van der Waals surface area contributed by atoms with Crippen LogP contribution in [0.25, 0.3) is 0 Å². The Balaban J connectivity index is 2.30. The van der Waals surface area contributed by atoms with Gasteiger partial charge in [0.25, 0.3) is 0 Å². The van der Waals surface area contributed by atoms with E-state index in [-0.39, 0.29) is 6.10 Å².